The van der Waals surface area contributed by atoms with Crippen molar-refractivity contribution in [3.63, 3.8) is 0 Å². The lowest BCUT2D eigenvalue weighted by Gasteiger charge is -2.16. The van der Waals surface area contributed by atoms with Gasteiger partial charge in [0.15, 0.2) is 0 Å². The van der Waals surface area contributed by atoms with Gasteiger partial charge in [-0.15, -0.1) is 0 Å². The Balaban J connectivity index is 1.58. The maximum absolute atomic E-state index is 13.8. The number of carbonyl (C=O) groups is 6. The highest BCUT2D eigenvalue weighted by atomic mass is 16.6. The Labute approximate surface area is 251 Å². The number of rotatable bonds is 6. The Morgan fingerprint density at radius 1 is 0.378 bits per heavy atom. The van der Waals surface area contributed by atoms with Crippen LogP contribution in [0.1, 0.15) is 62.1 Å². The van der Waals surface area contributed by atoms with Crippen LogP contribution in [0.2, 0.25) is 0 Å². The topological polar surface area (TPSA) is 193 Å². The van der Waals surface area contributed by atoms with Crippen molar-refractivity contribution in [3.8, 4) is 0 Å². The van der Waals surface area contributed by atoms with Crippen molar-refractivity contribution < 1.29 is 53.9 Å². The first-order chi connectivity index (χ1) is 21.5. The third-order valence-electron chi connectivity index (χ3n) is 7.57. The molecule has 0 spiro atoms. The lowest BCUT2D eigenvalue weighted by molar-refractivity contribution is 0.0389. The summed E-state index contributed by atoms with van der Waals surface area (Å²) in [4.78, 5) is 76.0. The maximum Gasteiger partial charge on any atom is 0.347 e. The summed E-state index contributed by atoms with van der Waals surface area (Å²) < 4.78 is 5.25. The van der Waals surface area contributed by atoms with Crippen LogP contribution in [0.5, 0.6) is 0 Å². The van der Waals surface area contributed by atoms with Crippen LogP contribution in [-0.2, 0) is 4.74 Å². The van der Waals surface area contributed by atoms with Gasteiger partial charge in [-0.1, -0.05) is 60.7 Å². The second-order valence-electron chi connectivity index (χ2n) is 10.0. The number of carboxylic acid groups (broad SMARTS) is 4. The van der Waals surface area contributed by atoms with Crippen molar-refractivity contribution in [3.05, 3.63) is 118 Å². The molecule has 4 N–H and O–H groups in total. The van der Waals surface area contributed by atoms with Crippen LogP contribution >= 0.6 is 0 Å². The smallest absolute Gasteiger partial charge is 0.347 e. The number of fused-ring (bicyclic) bond motifs is 6. The fourth-order valence-electron chi connectivity index (χ4n) is 5.70. The van der Waals surface area contributed by atoms with Gasteiger partial charge in [-0.25, -0.2) is 28.8 Å². The third kappa shape index (κ3) is 4.55. The average molecular weight is 603 g/mol. The molecular formula is C34H18O11. The lowest BCUT2D eigenvalue weighted by Crippen LogP contribution is -2.20. The Kier molecular flexibility index (Phi) is 6.70. The largest absolute Gasteiger partial charge is 0.478 e. The molecule has 6 aromatic rings. The monoisotopic (exact) mass is 602 g/mol. The molecule has 0 heterocycles. The molecule has 0 unspecified atom stereocenters. The predicted molar refractivity (Wildman–Crippen MR) is 160 cm³/mol. The first-order valence-electron chi connectivity index (χ1n) is 13.2. The van der Waals surface area contributed by atoms with Gasteiger partial charge in [-0.05, 0) is 67.4 Å². The fraction of sp³-hybridized carbons (Fsp3) is 0. The Bertz CT molecular complexity index is 2190. The summed E-state index contributed by atoms with van der Waals surface area (Å²) in [6.07, 6.45) is 0. The van der Waals surface area contributed by atoms with Gasteiger partial charge < -0.3 is 25.2 Å². The van der Waals surface area contributed by atoms with Crippen LogP contribution < -0.4 is 0 Å². The van der Waals surface area contributed by atoms with Crippen LogP contribution in [0, 0.1) is 0 Å². The molecule has 0 saturated carbocycles. The van der Waals surface area contributed by atoms with E-state index in [1.807, 2.05) is 0 Å². The maximum atomic E-state index is 13.8. The lowest BCUT2D eigenvalue weighted by atomic mass is 9.90. The summed E-state index contributed by atoms with van der Waals surface area (Å²) in [7, 11) is 0. The van der Waals surface area contributed by atoms with Crippen LogP contribution in [-0.4, -0.2) is 56.2 Å². The van der Waals surface area contributed by atoms with Gasteiger partial charge in [0.1, 0.15) is 0 Å². The van der Waals surface area contributed by atoms with Crippen LogP contribution in [0.15, 0.2) is 84.9 Å². The molecule has 0 bridgehead atoms. The van der Waals surface area contributed by atoms with E-state index in [0.717, 1.165) is 0 Å². The van der Waals surface area contributed by atoms with Crippen molar-refractivity contribution in [2.24, 2.45) is 0 Å². The van der Waals surface area contributed by atoms with E-state index < -0.39 is 58.1 Å². The van der Waals surface area contributed by atoms with Gasteiger partial charge in [0, 0.05) is 0 Å². The summed E-state index contributed by atoms with van der Waals surface area (Å²) in [6, 6.07) is 19.6. The second-order valence-corrected chi connectivity index (χ2v) is 10.0. The average Bonchev–Trinajstić information content (AvgIpc) is 3.02. The summed E-state index contributed by atoms with van der Waals surface area (Å²) in [5.41, 5.74) is -2.29. The normalized spacial score (nSPS) is 11.1. The van der Waals surface area contributed by atoms with E-state index in [1.54, 1.807) is 24.3 Å². The SMILES string of the molecule is O=C(O)c1ccc2c(C(=O)O)c(C(=O)OC(=O)c3c(C(=O)O)c4ccc(C(=O)O)cc4c4ccccc34)c3ccccc3c2c1. The molecule has 11 heteroatoms. The number of carboxylic acids is 4. The minimum atomic E-state index is -1.55. The number of aromatic carboxylic acids is 4. The summed E-state index contributed by atoms with van der Waals surface area (Å²) in [5.74, 6) is -8.35. The van der Waals surface area contributed by atoms with Crippen molar-refractivity contribution in [1.82, 2.24) is 0 Å². The first-order valence-corrected chi connectivity index (χ1v) is 13.2. The number of carbonyl (C=O) groups excluding carboxylic acids is 2. The van der Waals surface area contributed by atoms with Crippen LogP contribution in [0.3, 0.4) is 0 Å². The highest BCUT2D eigenvalue weighted by Gasteiger charge is 2.31. The molecular weight excluding hydrogens is 584 g/mol. The summed E-state index contributed by atoms with van der Waals surface area (Å²) >= 11 is 0. The third-order valence-corrected chi connectivity index (χ3v) is 7.57. The molecule has 0 amide bonds. The van der Waals surface area contributed by atoms with Crippen molar-refractivity contribution in [1.29, 1.82) is 0 Å². The molecule has 0 aliphatic heterocycles. The molecule has 220 valence electrons. The molecule has 6 rings (SSSR count). The molecule has 0 aliphatic carbocycles. The van der Waals surface area contributed by atoms with Gasteiger partial charge >= 0.3 is 35.8 Å². The van der Waals surface area contributed by atoms with E-state index in [-0.39, 0.29) is 43.4 Å². The van der Waals surface area contributed by atoms with E-state index in [0.29, 0.717) is 10.8 Å². The standard InChI is InChI=1S/C34H18O11/c35-29(36)15-9-11-21-23(13-15)17-5-1-3-7-19(17)27(25(21)31(39)40)33(43)45-34(44)28-20-8-4-2-6-18(20)24-14-16(30(37)38)10-12-22(24)26(28)32(41)42/h1-14H,(H,35,36)(H,37,38)(H,39,40)(H,41,42). The molecule has 0 atom stereocenters. The van der Waals surface area contributed by atoms with E-state index in [1.165, 1.54) is 60.7 Å². The minimum absolute atomic E-state index is 0.0159. The zero-order chi connectivity index (χ0) is 32.2. The first kappa shape index (κ1) is 28.5. The molecule has 0 aromatic heterocycles. The molecule has 6 aromatic carbocycles. The highest BCUT2D eigenvalue weighted by molar-refractivity contribution is 6.28. The Morgan fingerprint density at radius 3 is 1.04 bits per heavy atom. The Hall–Kier alpha value is -6.62. The Morgan fingerprint density at radius 2 is 0.711 bits per heavy atom. The van der Waals surface area contributed by atoms with E-state index in [9.17, 15) is 49.2 Å². The van der Waals surface area contributed by atoms with Gasteiger partial charge in [0.05, 0.1) is 33.4 Å². The van der Waals surface area contributed by atoms with Crippen molar-refractivity contribution in [2.75, 3.05) is 0 Å². The zero-order valence-corrected chi connectivity index (χ0v) is 22.7. The van der Waals surface area contributed by atoms with Gasteiger partial charge in [0.2, 0.25) is 0 Å². The van der Waals surface area contributed by atoms with E-state index in [2.05, 4.69) is 0 Å². The minimum Gasteiger partial charge on any atom is -0.478 e. The summed E-state index contributed by atoms with van der Waals surface area (Å²) in [5, 5.41) is 40.7. The zero-order valence-electron chi connectivity index (χ0n) is 22.7. The number of hydrogen-bond acceptors (Lipinski definition) is 7. The van der Waals surface area contributed by atoms with Crippen LogP contribution in [0.25, 0.3) is 43.1 Å². The predicted octanol–water partition coefficient (Wildman–Crippen LogP) is 6.09. The molecule has 0 aliphatic rings. The van der Waals surface area contributed by atoms with Crippen molar-refractivity contribution >= 4 is 78.9 Å². The van der Waals surface area contributed by atoms with Crippen molar-refractivity contribution in [2.45, 2.75) is 0 Å². The van der Waals surface area contributed by atoms with Gasteiger partial charge in [-0.2, -0.15) is 0 Å². The molecule has 45 heavy (non-hydrogen) atoms. The van der Waals surface area contributed by atoms with Crippen LogP contribution in [0.4, 0.5) is 0 Å². The number of benzene rings is 6. The fourth-order valence-corrected chi connectivity index (χ4v) is 5.70. The highest BCUT2D eigenvalue weighted by Crippen LogP contribution is 2.37. The van der Waals surface area contributed by atoms with Gasteiger partial charge in [0.25, 0.3) is 0 Å². The quantitative estimate of drug-likeness (QED) is 0.0979. The molecule has 11 nitrogen and oxygen atoms in total. The van der Waals surface area contributed by atoms with E-state index >= 15 is 0 Å². The molecule has 0 saturated heterocycles. The van der Waals surface area contributed by atoms with Gasteiger partial charge in [-0.3, -0.25) is 0 Å². The summed E-state index contributed by atoms with van der Waals surface area (Å²) in [6.45, 7) is 0. The number of ether oxygens (including phenoxy) is 1. The molecule has 0 radical (unpaired) electrons. The van der Waals surface area contributed by atoms with E-state index in [4.69, 9.17) is 4.74 Å². The number of esters is 2. The second kappa shape index (κ2) is 10.6. The molecule has 0 fully saturated rings. The number of hydrogen-bond donors (Lipinski definition) is 4.